The monoisotopic (exact) mass is 285 g/mol. The van der Waals surface area contributed by atoms with E-state index in [9.17, 15) is 13.2 Å². The Bertz CT molecular complexity index is 564. The van der Waals surface area contributed by atoms with Crippen LogP contribution in [0, 0.1) is 0 Å². The number of alkyl halides is 3. The third kappa shape index (κ3) is 3.33. The number of rotatable bonds is 5. The van der Waals surface area contributed by atoms with Gasteiger partial charge in [0.05, 0.1) is 11.8 Å². The van der Waals surface area contributed by atoms with Crippen molar-refractivity contribution in [2.24, 2.45) is 0 Å². The quantitative estimate of drug-likeness (QED) is 0.911. The van der Waals surface area contributed by atoms with Crippen LogP contribution in [0.1, 0.15) is 16.9 Å². The SMILES string of the molecule is CNCc1ccoc1COc1ccccc1C(F)(F)F. The van der Waals surface area contributed by atoms with E-state index < -0.39 is 11.7 Å². The van der Waals surface area contributed by atoms with Crippen molar-refractivity contribution in [3.63, 3.8) is 0 Å². The molecule has 1 aromatic carbocycles. The molecule has 0 saturated carbocycles. The highest BCUT2D eigenvalue weighted by atomic mass is 19.4. The Balaban J connectivity index is 2.13. The van der Waals surface area contributed by atoms with Crippen molar-refractivity contribution in [1.29, 1.82) is 0 Å². The lowest BCUT2D eigenvalue weighted by Gasteiger charge is -2.13. The molecule has 108 valence electrons. The molecule has 0 aliphatic carbocycles. The molecule has 3 nitrogen and oxygen atoms in total. The number of halogens is 3. The second kappa shape index (κ2) is 6.00. The van der Waals surface area contributed by atoms with Crippen LogP contribution >= 0.6 is 0 Å². The number of para-hydroxylation sites is 1. The Morgan fingerprint density at radius 2 is 1.95 bits per heavy atom. The Hall–Kier alpha value is -1.95. The van der Waals surface area contributed by atoms with Gasteiger partial charge in [0.15, 0.2) is 0 Å². The molecular formula is C14H14F3NO2. The van der Waals surface area contributed by atoms with Gasteiger partial charge in [0.1, 0.15) is 18.1 Å². The largest absolute Gasteiger partial charge is 0.485 e. The fourth-order valence-corrected chi connectivity index (χ4v) is 1.81. The van der Waals surface area contributed by atoms with Crippen LogP contribution in [0.25, 0.3) is 0 Å². The molecule has 20 heavy (non-hydrogen) atoms. The van der Waals surface area contributed by atoms with Gasteiger partial charge in [0, 0.05) is 12.1 Å². The number of nitrogens with one attached hydrogen (secondary N) is 1. The first-order chi connectivity index (χ1) is 9.52. The molecule has 0 amide bonds. The first-order valence-electron chi connectivity index (χ1n) is 6.01. The van der Waals surface area contributed by atoms with Crippen molar-refractivity contribution in [2.45, 2.75) is 19.3 Å². The van der Waals surface area contributed by atoms with E-state index in [1.54, 1.807) is 13.1 Å². The molecule has 0 unspecified atom stereocenters. The van der Waals surface area contributed by atoms with Crippen LogP contribution in [-0.2, 0) is 19.3 Å². The van der Waals surface area contributed by atoms with E-state index in [1.165, 1.54) is 24.5 Å². The molecule has 2 aromatic rings. The Morgan fingerprint density at radius 3 is 2.65 bits per heavy atom. The minimum absolute atomic E-state index is 0.0445. The molecule has 0 radical (unpaired) electrons. The fraction of sp³-hybridized carbons (Fsp3) is 0.286. The predicted octanol–water partition coefficient (Wildman–Crippen LogP) is 3.60. The van der Waals surface area contributed by atoms with Crippen LogP contribution in [-0.4, -0.2) is 7.05 Å². The summed E-state index contributed by atoms with van der Waals surface area (Å²) >= 11 is 0. The molecular weight excluding hydrogens is 271 g/mol. The standard InChI is InChI=1S/C14H14F3NO2/c1-18-8-10-6-7-19-13(10)9-20-12-5-3-2-4-11(12)14(15,16)17/h2-7,18H,8-9H2,1H3. The van der Waals surface area contributed by atoms with Crippen LogP contribution < -0.4 is 10.1 Å². The summed E-state index contributed by atoms with van der Waals surface area (Å²) in [6, 6.07) is 6.87. The summed E-state index contributed by atoms with van der Waals surface area (Å²) < 4.78 is 48.9. The predicted molar refractivity (Wildman–Crippen MR) is 67.2 cm³/mol. The minimum Gasteiger partial charge on any atom is -0.485 e. The van der Waals surface area contributed by atoms with Crippen molar-refractivity contribution in [3.8, 4) is 5.75 Å². The maximum Gasteiger partial charge on any atom is 0.419 e. The van der Waals surface area contributed by atoms with Gasteiger partial charge in [-0.15, -0.1) is 0 Å². The highest BCUT2D eigenvalue weighted by molar-refractivity contribution is 5.35. The van der Waals surface area contributed by atoms with Gasteiger partial charge in [-0.05, 0) is 25.2 Å². The smallest absolute Gasteiger partial charge is 0.419 e. The van der Waals surface area contributed by atoms with Crippen LogP contribution in [0.15, 0.2) is 41.0 Å². The molecule has 2 rings (SSSR count). The Kier molecular flexibility index (Phi) is 4.34. The van der Waals surface area contributed by atoms with Crippen molar-refractivity contribution in [3.05, 3.63) is 53.5 Å². The Labute approximate surface area is 114 Å². The minimum atomic E-state index is -4.44. The second-order valence-electron chi connectivity index (χ2n) is 4.18. The molecule has 0 atom stereocenters. The number of benzene rings is 1. The molecule has 0 aliphatic rings. The van der Waals surface area contributed by atoms with Crippen molar-refractivity contribution in [1.82, 2.24) is 5.32 Å². The third-order valence-corrected chi connectivity index (χ3v) is 2.76. The van der Waals surface area contributed by atoms with E-state index in [1.807, 2.05) is 0 Å². The van der Waals surface area contributed by atoms with E-state index in [0.717, 1.165) is 11.6 Å². The zero-order valence-corrected chi connectivity index (χ0v) is 10.8. The molecule has 1 N–H and O–H groups in total. The van der Waals surface area contributed by atoms with Crippen LogP contribution in [0.2, 0.25) is 0 Å². The van der Waals surface area contributed by atoms with Crippen molar-refractivity contribution in [2.75, 3.05) is 7.05 Å². The highest BCUT2D eigenvalue weighted by Gasteiger charge is 2.34. The fourth-order valence-electron chi connectivity index (χ4n) is 1.81. The van der Waals surface area contributed by atoms with Crippen LogP contribution in [0.5, 0.6) is 5.75 Å². The van der Waals surface area contributed by atoms with E-state index in [-0.39, 0.29) is 12.4 Å². The molecule has 0 fully saturated rings. The van der Waals surface area contributed by atoms with Gasteiger partial charge in [0.25, 0.3) is 0 Å². The first-order valence-corrected chi connectivity index (χ1v) is 6.01. The normalized spacial score (nSPS) is 11.6. The summed E-state index contributed by atoms with van der Waals surface area (Å²) in [5.74, 6) is 0.308. The van der Waals surface area contributed by atoms with Crippen LogP contribution in [0.3, 0.4) is 0 Å². The number of hydrogen-bond donors (Lipinski definition) is 1. The lowest BCUT2D eigenvalue weighted by atomic mass is 10.2. The average Bonchev–Trinajstić information content (AvgIpc) is 2.83. The van der Waals surface area contributed by atoms with E-state index in [0.29, 0.717) is 12.3 Å². The molecule has 0 saturated heterocycles. The van der Waals surface area contributed by atoms with Gasteiger partial charge in [-0.1, -0.05) is 12.1 Å². The number of ether oxygens (including phenoxy) is 1. The molecule has 1 heterocycles. The van der Waals surface area contributed by atoms with Gasteiger partial charge < -0.3 is 14.5 Å². The second-order valence-corrected chi connectivity index (χ2v) is 4.18. The molecule has 0 spiro atoms. The molecule has 6 heteroatoms. The number of furan rings is 1. The summed E-state index contributed by atoms with van der Waals surface area (Å²) in [4.78, 5) is 0. The summed E-state index contributed by atoms with van der Waals surface area (Å²) in [6.45, 7) is 0.521. The number of hydrogen-bond acceptors (Lipinski definition) is 3. The summed E-state index contributed by atoms with van der Waals surface area (Å²) in [6.07, 6.45) is -2.95. The van der Waals surface area contributed by atoms with E-state index >= 15 is 0 Å². The average molecular weight is 285 g/mol. The van der Waals surface area contributed by atoms with Gasteiger partial charge >= 0.3 is 6.18 Å². The van der Waals surface area contributed by atoms with Gasteiger partial charge in [-0.25, -0.2) is 0 Å². The van der Waals surface area contributed by atoms with Gasteiger partial charge in [-0.2, -0.15) is 13.2 Å². The molecule has 0 aliphatic heterocycles. The molecule has 0 bridgehead atoms. The highest BCUT2D eigenvalue weighted by Crippen LogP contribution is 2.36. The van der Waals surface area contributed by atoms with Gasteiger partial charge in [-0.3, -0.25) is 0 Å². The third-order valence-electron chi connectivity index (χ3n) is 2.76. The van der Waals surface area contributed by atoms with Crippen molar-refractivity contribution >= 4 is 0 Å². The van der Waals surface area contributed by atoms with E-state index in [2.05, 4.69) is 5.32 Å². The lowest BCUT2D eigenvalue weighted by molar-refractivity contribution is -0.139. The van der Waals surface area contributed by atoms with E-state index in [4.69, 9.17) is 9.15 Å². The zero-order chi connectivity index (χ0) is 14.6. The van der Waals surface area contributed by atoms with Gasteiger partial charge in [0.2, 0.25) is 0 Å². The van der Waals surface area contributed by atoms with Crippen LogP contribution in [0.4, 0.5) is 13.2 Å². The topological polar surface area (TPSA) is 34.4 Å². The maximum atomic E-state index is 12.8. The maximum absolute atomic E-state index is 12.8. The van der Waals surface area contributed by atoms with Crippen molar-refractivity contribution < 1.29 is 22.3 Å². The summed E-state index contributed by atoms with van der Waals surface area (Å²) in [5, 5.41) is 2.95. The zero-order valence-electron chi connectivity index (χ0n) is 10.8. The summed E-state index contributed by atoms with van der Waals surface area (Å²) in [7, 11) is 1.77. The summed E-state index contributed by atoms with van der Waals surface area (Å²) in [5.41, 5.74) is 0.0683. The lowest BCUT2D eigenvalue weighted by Crippen LogP contribution is -2.10. The Morgan fingerprint density at radius 1 is 1.20 bits per heavy atom. The molecule has 1 aromatic heterocycles. The first kappa shape index (κ1) is 14.5.